The van der Waals surface area contributed by atoms with Gasteiger partial charge in [0.25, 0.3) is 0 Å². The van der Waals surface area contributed by atoms with Crippen LogP contribution in [-0.2, 0) is 19.1 Å². The first-order valence-electron chi connectivity index (χ1n) is 7.74. The Labute approximate surface area is 136 Å². The van der Waals surface area contributed by atoms with Crippen LogP contribution in [0.3, 0.4) is 0 Å². The van der Waals surface area contributed by atoms with Crippen molar-refractivity contribution in [2.45, 2.75) is 39.2 Å². The van der Waals surface area contributed by atoms with Gasteiger partial charge < -0.3 is 20.5 Å². The molecule has 3 N–H and O–H groups in total. The van der Waals surface area contributed by atoms with Crippen molar-refractivity contribution in [1.29, 1.82) is 0 Å². The molecule has 0 rings (SSSR count). The Hall–Kier alpha value is -1.83. The first-order chi connectivity index (χ1) is 11.0. The molecule has 1 amide bonds. The van der Waals surface area contributed by atoms with Crippen molar-refractivity contribution in [3.63, 3.8) is 0 Å². The van der Waals surface area contributed by atoms with E-state index in [1.54, 1.807) is 0 Å². The Morgan fingerprint density at radius 3 is 2.74 bits per heavy atom. The molecule has 0 aliphatic rings. The molecule has 0 aromatic carbocycles. The second kappa shape index (κ2) is 13.8. The lowest BCUT2D eigenvalue weighted by Gasteiger charge is -2.12. The summed E-state index contributed by atoms with van der Waals surface area (Å²) >= 11 is 0. The summed E-state index contributed by atoms with van der Waals surface area (Å²) in [5.41, 5.74) is 13.7. The van der Waals surface area contributed by atoms with E-state index in [-0.39, 0.29) is 24.7 Å². The molecule has 0 saturated heterocycles. The summed E-state index contributed by atoms with van der Waals surface area (Å²) in [4.78, 5) is 25.7. The van der Waals surface area contributed by atoms with Crippen LogP contribution in [0.1, 0.15) is 33.1 Å². The van der Waals surface area contributed by atoms with E-state index in [4.69, 9.17) is 20.7 Å². The Morgan fingerprint density at radius 2 is 2.09 bits per heavy atom. The number of hydrogen-bond donors (Lipinski definition) is 2. The smallest absolute Gasteiger partial charge is 0.322 e. The van der Waals surface area contributed by atoms with Crippen LogP contribution in [0.15, 0.2) is 5.11 Å². The molecular weight excluding hydrogens is 302 g/mol. The zero-order valence-corrected chi connectivity index (χ0v) is 13.9. The monoisotopic (exact) mass is 329 g/mol. The molecule has 0 aromatic rings. The number of ether oxygens (including phenoxy) is 2. The number of nitrogens with two attached hydrogens (primary N) is 1. The van der Waals surface area contributed by atoms with Gasteiger partial charge in [0.05, 0.1) is 13.2 Å². The maximum Gasteiger partial charge on any atom is 0.322 e. The molecule has 23 heavy (non-hydrogen) atoms. The Balaban J connectivity index is 3.59. The SMILES string of the molecule is CC(C)COC(=O)C(N)CCC(=O)NCCCOCCN=[N+]=[N-]. The van der Waals surface area contributed by atoms with E-state index < -0.39 is 12.0 Å². The first-order valence-corrected chi connectivity index (χ1v) is 7.74. The fraction of sp³-hybridized carbons (Fsp3) is 0.857. The third kappa shape index (κ3) is 13.5. The summed E-state index contributed by atoms with van der Waals surface area (Å²) < 4.78 is 10.2. The van der Waals surface area contributed by atoms with Gasteiger partial charge in [0.15, 0.2) is 0 Å². The lowest BCUT2D eigenvalue weighted by molar-refractivity contribution is -0.146. The van der Waals surface area contributed by atoms with Crippen LogP contribution in [0.5, 0.6) is 0 Å². The minimum absolute atomic E-state index is 0.161. The molecule has 0 bridgehead atoms. The highest BCUT2D eigenvalue weighted by Gasteiger charge is 2.16. The van der Waals surface area contributed by atoms with Gasteiger partial charge in [-0.15, -0.1) is 0 Å². The predicted octanol–water partition coefficient (Wildman–Crippen LogP) is 1.13. The third-order valence-corrected chi connectivity index (χ3v) is 2.73. The van der Waals surface area contributed by atoms with Crippen molar-refractivity contribution in [2.24, 2.45) is 16.8 Å². The van der Waals surface area contributed by atoms with Gasteiger partial charge in [-0.2, -0.15) is 0 Å². The average molecular weight is 329 g/mol. The summed E-state index contributed by atoms with van der Waals surface area (Å²) in [5.74, 6) is -0.380. The number of nitrogens with one attached hydrogen (secondary N) is 1. The van der Waals surface area contributed by atoms with E-state index in [0.717, 1.165) is 0 Å². The summed E-state index contributed by atoms with van der Waals surface area (Å²) in [5, 5.41) is 6.05. The van der Waals surface area contributed by atoms with E-state index in [9.17, 15) is 9.59 Å². The highest BCUT2D eigenvalue weighted by Crippen LogP contribution is 2.00. The number of nitrogens with zero attached hydrogens (tertiary/aromatic N) is 3. The molecule has 0 radical (unpaired) electrons. The molecular formula is C14H27N5O4. The number of rotatable bonds is 13. The number of amides is 1. The highest BCUT2D eigenvalue weighted by atomic mass is 16.5. The lowest BCUT2D eigenvalue weighted by atomic mass is 10.1. The van der Waals surface area contributed by atoms with E-state index in [1.807, 2.05) is 13.8 Å². The van der Waals surface area contributed by atoms with Gasteiger partial charge >= 0.3 is 5.97 Å². The zero-order valence-electron chi connectivity index (χ0n) is 13.9. The number of carbonyl (C=O) groups is 2. The van der Waals surface area contributed by atoms with Crippen LogP contribution in [0.25, 0.3) is 10.4 Å². The molecule has 0 saturated carbocycles. The van der Waals surface area contributed by atoms with Crippen molar-refractivity contribution in [2.75, 3.05) is 32.9 Å². The fourth-order valence-corrected chi connectivity index (χ4v) is 1.50. The van der Waals surface area contributed by atoms with E-state index in [0.29, 0.717) is 39.3 Å². The van der Waals surface area contributed by atoms with Crippen LogP contribution in [0, 0.1) is 5.92 Å². The molecule has 9 heteroatoms. The molecule has 0 aliphatic carbocycles. The minimum atomic E-state index is -0.775. The van der Waals surface area contributed by atoms with Gasteiger partial charge in [-0.3, -0.25) is 9.59 Å². The maximum absolute atomic E-state index is 11.6. The van der Waals surface area contributed by atoms with Gasteiger partial charge in [0.2, 0.25) is 5.91 Å². The van der Waals surface area contributed by atoms with Crippen LogP contribution in [0.2, 0.25) is 0 Å². The van der Waals surface area contributed by atoms with Crippen molar-refractivity contribution in [3.8, 4) is 0 Å². The van der Waals surface area contributed by atoms with Crippen molar-refractivity contribution >= 4 is 11.9 Å². The normalized spacial score (nSPS) is 11.7. The topological polar surface area (TPSA) is 139 Å². The molecule has 0 fully saturated rings. The minimum Gasteiger partial charge on any atom is -0.464 e. The molecule has 1 unspecified atom stereocenters. The number of hydrogen-bond acceptors (Lipinski definition) is 6. The van der Waals surface area contributed by atoms with Crippen molar-refractivity contribution < 1.29 is 19.1 Å². The van der Waals surface area contributed by atoms with E-state index in [2.05, 4.69) is 15.3 Å². The number of azide groups is 1. The van der Waals surface area contributed by atoms with Gasteiger partial charge in [0.1, 0.15) is 6.04 Å². The zero-order chi connectivity index (χ0) is 17.5. The Morgan fingerprint density at radius 1 is 1.35 bits per heavy atom. The van der Waals surface area contributed by atoms with Crippen LogP contribution >= 0.6 is 0 Å². The van der Waals surface area contributed by atoms with E-state index in [1.165, 1.54) is 0 Å². The third-order valence-electron chi connectivity index (χ3n) is 2.73. The quantitative estimate of drug-likeness (QED) is 0.171. The summed E-state index contributed by atoms with van der Waals surface area (Å²) in [6.07, 6.45) is 1.09. The van der Waals surface area contributed by atoms with Crippen LogP contribution < -0.4 is 11.1 Å². The summed E-state index contributed by atoms with van der Waals surface area (Å²) in [7, 11) is 0. The Bertz CT molecular complexity index is 397. The number of esters is 1. The van der Waals surface area contributed by atoms with Crippen LogP contribution in [-0.4, -0.2) is 50.8 Å². The highest BCUT2D eigenvalue weighted by molar-refractivity contribution is 5.79. The summed E-state index contributed by atoms with van der Waals surface area (Å²) in [6.45, 7) is 5.83. The molecule has 0 spiro atoms. The molecule has 132 valence electrons. The van der Waals surface area contributed by atoms with Gasteiger partial charge in [0, 0.05) is 31.0 Å². The molecule has 0 heterocycles. The van der Waals surface area contributed by atoms with Gasteiger partial charge in [-0.1, -0.05) is 19.0 Å². The van der Waals surface area contributed by atoms with Gasteiger partial charge in [-0.05, 0) is 24.3 Å². The van der Waals surface area contributed by atoms with Gasteiger partial charge in [-0.25, -0.2) is 0 Å². The molecule has 0 aliphatic heterocycles. The standard InChI is InChI=1S/C14H27N5O4/c1-11(2)10-23-14(21)12(15)4-5-13(20)17-6-3-8-22-9-7-18-19-16/h11-12H,3-10,15H2,1-2H3,(H,17,20). The maximum atomic E-state index is 11.6. The fourth-order valence-electron chi connectivity index (χ4n) is 1.50. The van der Waals surface area contributed by atoms with E-state index >= 15 is 0 Å². The first kappa shape index (κ1) is 21.2. The predicted molar refractivity (Wildman–Crippen MR) is 85.5 cm³/mol. The molecule has 1 atom stereocenters. The second-order valence-corrected chi connectivity index (χ2v) is 5.44. The number of carbonyl (C=O) groups excluding carboxylic acids is 2. The average Bonchev–Trinajstić information content (AvgIpc) is 2.52. The second-order valence-electron chi connectivity index (χ2n) is 5.44. The largest absolute Gasteiger partial charge is 0.464 e. The molecule has 9 nitrogen and oxygen atoms in total. The van der Waals surface area contributed by atoms with Crippen molar-refractivity contribution in [3.05, 3.63) is 10.4 Å². The van der Waals surface area contributed by atoms with Crippen molar-refractivity contribution in [1.82, 2.24) is 5.32 Å². The molecule has 0 aromatic heterocycles. The summed E-state index contributed by atoms with van der Waals surface area (Å²) in [6, 6.07) is -0.775. The Kier molecular flexibility index (Phi) is 12.7. The lowest BCUT2D eigenvalue weighted by Crippen LogP contribution is -2.35. The van der Waals surface area contributed by atoms with Crippen LogP contribution in [0.4, 0.5) is 0 Å².